The Labute approximate surface area is 176 Å². The predicted octanol–water partition coefficient (Wildman–Crippen LogP) is 3.58. The number of ether oxygens (including phenoxy) is 2. The molecule has 1 heterocycles. The molecule has 1 saturated carbocycles. The van der Waals surface area contributed by atoms with E-state index in [1.54, 1.807) is 30.3 Å². The Morgan fingerprint density at radius 3 is 2.63 bits per heavy atom. The molecular formula is C24H28O6. The lowest BCUT2D eigenvalue weighted by Crippen LogP contribution is -2.58. The number of allylic oxidation sites excluding steroid dienone is 1. The first-order valence-electron chi connectivity index (χ1n) is 10.4. The summed E-state index contributed by atoms with van der Waals surface area (Å²) in [5, 5.41) is 19.9. The van der Waals surface area contributed by atoms with Crippen LogP contribution in [0.25, 0.3) is 6.08 Å². The number of carbonyl (C=O) groups excluding carboxylic acids is 2. The van der Waals surface area contributed by atoms with Crippen LogP contribution in [0.4, 0.5) is 0 Å². The lowest BCUT2D eigenvalue weighted by atomic mass is 9.47. The standard InChI is InChI=1S/C24H28O6/c1-23(2)13-12-18(29-19(26)11-6-14-4-7-15(25)8-5-14)24(3)17(23)10-9-16-20(24)22(28)30-21(16)27/h4-9,11,17-18,20,22,25,28H,10,12-13H2,1-3H3/t17-,18+,20+,22+,24+/m0/s1. The average Bonchev–Trinajstić information content (AvgIpc) is 2.98. The molecule has 0 aromatic heterocycles. The van der Waals surface area contributed by atoms with Gasteiger partial charge in [0.25, 0.3) is 0 Å². The number of carbonyl (C=O) groups is 2. The van der Waals surface area contributed by atoms with Gasteiger partial charge in [-0.2, -0.15) is 0 Å². The molecule has 1 aromatic carbocycles. The van der Waals surface area contributed by atoms with Crippen molar-refractivity contribution in [2.45, 2.75) is 52.4 Å². The van der Waals surface area contributed by atoms with Crippen LogP contribution < -0.4 is 0 Å². The number of phenols is 1. The largest absolute Gasteiger partial charge is 0.508 e. The summed E-state index contributed by atoms with van der Waals surface area (Å²) in [6.07, 6.45) is 5.47. The molecule has 0 radical (unpaired) electrons. The van der Waals surface area contributed by atoms with Crippen LogP contribution >= 0.6 is 0 Å². The highest BCUT2D eigenvalue weighted by Crippen LogP contribution is 2.62. The fourth-order valence-electron chi connectivity index (χ4n) is 5.78. The highest BCUT2D eigenvalue weighted by atomic mass is 16.6. The normalized spacial score (nSPS) is 34.7. The van der Waals surface area contributed by atoms with Gasteiger partial charge in [0.05, 0.1) is 5.92 Å². The van der Waals surface area contributed by atoms with E-state index in [4.69, 9.17) is 9.47 Å². The van der Waals surface area contributed by atoms with Gasteiger partial charge in [0.15, 0.2) is 0 Å². The molecule has 0 bridgehead atoms. The second-order valence-electron chi connectivity index (χ2n) is 9.46. The maximum Gasteiger partial charge on any atom is 0.336 e. The van der Waals surface area contributed by atoms with E-state index in [-0.39, 0.29) is 17.1 Å². The van der Waals surface area contributed by atoms with Crippen LogP contribution in [-0.4, -0.2) is 34.5 Å². The lowest BCUT2D eigenvalue weighted by molar-refractivity contribution is -0.198. The molecule has 160 valence electrons. The fraction of sp³-hybridized carbons (Fsp3) is 0.500. The molecule has 6 heteroatoms. The Kier molecular flexibility index (Phi) is 5.01. The smallest absolute Gasteiger partial charge is 0.336 e. The molecule has 1 aromatic rings. The summed E-state index contributed by atoms with van der Waals surface area (Å²) < 4.78 is 11.0. The van der Waals surface area contributed by atoms with E-state index < -0.39 is 35.7 Å². The topological polar surface area (TPSA) is 93.1 Å². The van der Waals surface area contributed by atoms with Gasteiger partial charge in [0, 0.05) is 17.1 Å². The minimum absolute atomic E-state index is 0.0209. The first-order valence-corrected chi connectivity index (χ1v) is 10.4. The first-order chi connectivity index (χ1) is 14.1. The third kappa shape index (κ3) is 3.33. The second-order valence-corrected chi connectivity index (χ2v) is 9.46. The van der Waals surface area contributed by atoms with Crippen LogP contribution in [-0.2, 0) is 19.1 Å². The van der Waals surface area contributed by atoms with Crippen molar-refractivity contribution in [2.75, 3.05) is 0 Å². The number of esters is 2. The minimum Gasteiger partial charge on any atom is -0.508 e. The van der Waals surface area contributed by atoms with E-state index in [9.17, 15) is 19.8 Å². The molecule has 0 amide bonds. The molecular weight excluding hydrogens is 384 g/mol. The summed E-state index contributed by atoms with van der Waals surface area (Å²) in [4.78, 5) is 24.9. The monoisotopic (exact) mass is 412 g/mol. The average molecular weight is 412 g/mol. The van der Waals surface area contributed by atoms with Crippen molar-refractivity contribution in [3.05, 3.63) is 47.6 Å². The number of aliphatic hydroxyl groups excluding tert-OH is 1. The van der Waals surface area contributed by atoms with Crippen molar-refractivity contribution in [3.8, 4) is 5.75 Å². The van der Waals surface area contributed by atoms with Gasteiger partial charge < -0.3 is 19.7 Å². The Balaban J connectivity index is 1.60. The number of hydrogen-bond acceptors (Lipinski definition) is 6. The third-order valence-electron chi connectivity index (χ3n) is 7.33. The Hall–Kier alpha value is -2.60. The predicted molar refractivity (Wildman–Crippen MR) is 110 cm³/mol. The molecule has 4 rings (SSSR count). The van der Waals surface area contributed by atoms with Crippen LogP contribution in [0.2, 0.25) is 0 Å². The van der Waals surface area contributed by atoms with E-state index in [0.29, 0.717) is 18.4 Å². The van der Waals surface area contributed by atoms with Crippen LogP contribution in [0.3, 0.4) is 0 Å². The molecule has 1 aliphatic heterocycles. The zero-order valence-electron chi connectivity index (χ0n) is 17.5. The number of aromatic hydroxyl groups is 1. The van der Waals surface area contributed by atoms with Crippen molar-refractivity contribution in [1.82, 2.24) is 0 Å². The van der Waals surface area contributed by atoms with Gasteiger partial charge in [0.2, 0.25) is 6.29 Å². The zero-order valence-corrected chi connectivity index (χ0v) is 17.5. The van der Waals surface area contributed by atoms with Gasteiger partial charge in [-0.05, 0) is 54.4 Å². The fourth-order valence-corrected chi connectivity index (χ4v) is 5.78. The highest BCUT2D eigenvalue weighted by Gasteiger charge is 2.63. The molecule has 2 fully saturated rings. The van der Waals surface area contributed by atoms with Gasteiger partial charge in [-0.25, -0.2) is 9.59 Å². The van der Waals surface area contributed by atoms with Gasteiger partial charge >= 0.3 is 11.9 Å². The lowest BCUT2D eigenvalue weighted by Gasteiger charge is -2.58. The summed E-state index contributed by atoms with van der Waals surface area (Å²) in [5.41, 5.74) is 0.637. The van der Waals surface area contributed by atoms with Crippen molar-refractivity contribution < 1.29 is 29.3 Å². The van der Waals surface area contributed by atoms with Crippen LogP contribution in [0.5, 0.6) is 5.75 Å². The van der Waals surface area contributed by atoms with Gasteiger partial charge in [-0.3, -0.25) is 0 Å². The van der Waals surface area contributed by atoms with Gasteiger partial charge in [-0.15, -0.1) is 0 Å². The summed E-state index contributed by atoms with van der Waals surface area (Å²) in [6.45, 7) is 6.41. The van der Waals surface area contributed by atoms with Crippen molar-refractivity contribution in [1.29, 1.82) is 0 Å². The van der Waals surface area contributed by atoms with Crippen LogP contribution in [0.15, 0.2) is 42.0 Å². The second kappa shape index (κ2) is 7.27. The summed E-state index contributed by atoms with van der Waals surface area (Å²) in [6, 6.07) is 6.51. The van der Waals surface area contributed by atoms with Crippen LogP contribution in [0, 0.1) is 22.7 Å². The van der Waals surface area contributed by atoms with E-state index in [1.807, 2.05) is 13.0 Å². The Morgan fingerprint density at radius 2 is 1.93 bits per heavy atom. The molecule has 0 unspecified atom stereocenters. The quantitative estimate of drug-likeness (QED) is 0.582. The SMILES string of the molecule is CC1(C)CC[C@@H](OC(=O)C=Cc2ccc(O)cc2)[C@]2(C)[C@@H]3C(=CC[C@@H]12)C(=O)O[C@H]3O. The van der Waals surface area contributed by atoms with E-state index in [0.717, 1.165) is 12.0 Å². The van der Waals surface area contributed by atoms with Crippen molar-refractivity contribution in [3.63, 3.8) is 0 Å². The van der Waals surface area contributed by atoms with E-state index >= 15 is 0 Å². The number of benzene rings is 1. The molecule has 0 spiro atoms. The Morgan fingerprint density at radius 1 is 1.23 bits per heavy atom. The number of hydrogen-bond donors (Lipinski definition) is 2. The minimum atomic E-state index is -1.22. The molecule has 2 aliphatic carbocycles. The number of cyclic esters (lactones) is 1. The van der Waals surface area contributed by atoms with Gasteiger partial charge in [-0.1, -0.05) is 39.0 Å². The third-order valence-corrected chi connectivity index (χ3v) is 7.33. The summed E-state index contributed by atoms with van der Waals surface area (Å²) in [7, 11) is 0. The summed E-state index contributed by atoms with van der Waals surface area (Å²) in [5.74, 6) is -1.17. The molecule has 2 N–H and O–H groups in total. The maximum absolute atomic E-state index is 12.6. The van der Waals surface area contributed by atoms with Gasteiger partial charge in [0.1, 0.15) is 11.9 Å². The molecule has 3 aliphatic rings. The molecule has 6 nitrogen and oxygen atoms in total. The highest BCUT2D eigenvalue weighted by molar-refractivity contribution is 5.92. The molecule has 30 heavy (non-hydrogen) atoms. The van der Waals surface area contributed by atoms with Crippen LogP contribution in [0.1, 0.15) is 45.6 Å². The zero-order chi connectivity index (χ0) is 21.7. The molecule has 1 saturated heterocycles. The number of rotatable bonds is 3. The molecule has 5 atom stereocenters. The Bertz CT molecular complexity index is 912. The van der Waals surface area contributed by atoms with E-state index in [1.165, 1.54) is 6.08 Å². The first kappa shape index (κ1) is 20.7. The maximum atomic E-state index is 12.6. The van der Waals surface area contributed by atoms with E-state index in [2.05, 4.69) is 13.8 Å². The summed E-state index contributed by atoms with van der Waals surface area (Å²) >= 11 is 0. The van der Waals surface area contributed by atoms with Crippen molar-refractivity contribution in [2.24, 2.45) is 22.7 Å². The number of phenolic OH excluding ortho intramolecular Hbond substituents is 1. The number of fused-ring (bicyclic) bond motifs is 3. The number of aliphatic hydroxyl groups is 1. The van der Waals surface area contributed by atoms with Crippen molar-refractivity contribution >= 4 is 18.0 Å².